The summed E-state index contributed by atoms with van der Waals surface area (Å²) in [5.74, 6) is -0.0817. The van der Waals surface area contributed by atoms with Crippen molar-refractivity contribution in [2.24, 2.45) is 4.99 Å². The van der Waals surface area contributed by atoms with E-state index in [4.69, 9.17) is 11.6 Å². The maximum atomic E-state index is 12.6. The molecule has 0 radical (unpaired) electrons. The van der Waals surface area contributed by atoms with Crippen molar-refractivity contribution >= 4 is 40.7 Å². The fraction of sp³-hybridized carbons (Fsp3) is 0.261. The minimum Gasteiger partial charge on any atom is -0.366 e. The molecule has 0 bridgehead atoms. The molecule has 0 N–H and O–H groups in total. The summed E-state index contributed by atoms with van der Waals surface area (Å²) < 4.78 is 0. The van der Waals surface area contributed by atoms with Crippen molar-refractivity contribution in [1.29, 1.82) is 0 Å². The topological polar surface area (TPSA) is 45.6 Å². The second-order valence-corrected chi connectivity index (χ2v) is 8.40. The Labute approximate surface area is 180 Å². The second kappa shape index (κ2) is 9.33. The third-order valence-corrected chi connectivity index (χ3v) is 5.88. The van der Waals surface area contributed by atoms with Crippen molar-refractivity contribution in [3.63, 3.8) is 0 Å². The van der Waals surface area contributed by atoms with Crippen LogP contribution >= 0.6 is 22.9 Å². The largest absolute Gasteiger partial charge is 0.366 e. The van der Waals surface area contributed by atoms with E-state index in [1.807, 2.05) is 23.7 Å². The standard InChI is InChI=1S/C23H24ClN3OS/c1-5-27(4)14-25-20-11-15(2)18(10-16(20)3)12-22-26-21(13-29-22)23(28)17-6-8-19(24)9-7-17/h6-11,13-14H,5,12H2,1-4H3. The third kappa shape index (κ3) is 5.31. The molecule has 0 aliphatic carbocycles. The van der Waals surface area contributed by atoms with Crippen LogP contribution in [0.4, 0.5) is 5.69 Å². The van der Waals surface area contributed by atoms with Crippen LogP contribution in [0.25, 0.3) is 0 Å². The molecule has 0 fully saturated rings. The zero-order chi connectivity index (χ0) is 21.0. The molecule has 4 nitrogen and oxygen atoms in total. The molecule has 29 heavy (non-hydrogen) atoms. The molecule has 0 spiro atoms. The molecule has 0 saturated carbocycles. The Morgan fingerprint density at radius 3 is 2.62 bits per heavy atom. The molecule has 1 heterocycles. The minimum absolute atomic E-state index is 0.0817. The second-order valence-electron chi connectivity index (χ2n) is 7.02. The van der Waals surface area contributed by atoms with Crippen LogP contribution in [0.2, 0.25) is 5.02 Å². The van der Waals surface area contributed by atoms with Crippen molar-refractivity contribution in [2.45, 2.75) is 27.2 Å². The highest BCUT2D eigenvalue weighted by Crippen LogP contribution is 2.26. The summed E-state index contributed by atoms with van der Waals surface area (Å²) in [5.41, 5.74) is 5.54. The van der Waals surface area contributed by atoms with E-state index in [2.05, 4.69) is 42.9 Å². The Balaban J connectivity index is 1.77. The predicted molar refractivity (Wildman–Crippen MR) is 122 cm³/mol. The maximum absolute atomic E-state index is 12.6. The summed E-state index contributed by atoms with van der Waals surface area (Å²) in [7, 11) is 2.01. The van der Waals surface area contributed by atoms with Gasteiger partial charge in [0.25, 0.3) is 0 Å². The monoisotopic (exact) mass is 425 g/mol. The molecule has 0 aliphatic rings. The number of thiazole rings is 1. The number of ketones is 1. The fourth-order valence-corrected chi connectivity index (χ4v) is 3.76. The van der Waals surface area contributed by atoms with Crippen LogP contribution in [0.5, 0.6) is 0 Å². The Hall–Kier alpha value is -2.50. The highest BCUT2D eigenvalue weighted by molar-refractivity contribution is 7.09. The Bertz CT molecular complexity index is 1040. The van der Waals surface area contributed by atoms with E-state index in [1.54, 1.807) is 24.3 Å². The Morgan fingerprint density at radius 1 is 1.21 bits per heavy atom. The van der Waals surface area contributed by atoms with E-state index in [0.717, 1.165) is 22.8 Å². The van der Waals surface area contributed by atoms with Gasteiger partial charge in [-0.2, -0.15) is 0 Å². The molecule has 3 rings (SSSR count). The van der Waals surface area contributed by atoms with Crippen LogP contribution in [0.3, 0.4) is 0 Å². The van der Waals surface area contributed by atoms with Crippen molar-refractivity contribution in [2.75, 3.05) is 13.6 Å². The van der Waals surface area contributed by atoms with Crippen LogP contribution < -0.4 is 0 Å². The number of carbonyl (C=O) groups excluding carboxylic acids is 1. The first-order valence-corrected chi connectivity index (χ1v) is 10.7. The van der Waals surface area contributed by atoms with Gasteiger partial charge in [-0.15, -0.1) is 11.3 Å². The third-order valence-electron chi connectivity index (χ3n) is 4.78. The number of nitrogens with zero attached hydrogens (tertiary/aromatic N) is 3. The molecular formula is C23H24ClN3OS. The van der Waals surface area contributed by atoms with Gasteiger partial charge < -0.3 is 4.90 Å². The summed E-state index contributed by atoms with van der Waals surface area (Å²) in [6.07, 6.45) is 2.56. The van der Waals surface area contributed by atoms with Gasteiger partial charge in [0.05, 0.1) is 17.0 Å². The molecule has 3 aromatic rings. The number of hydrogen-bond donors (Lipinski definition) is 0. The lowest BCUT2D eigenvalue weighted by Gasteiger charge is -2.11. The predicted octanol–water partition coefficient (Wildman–Crippen LogP) is 5.85. The van der Waals surface area contributed by atoms with Crippen molar-refractivity contribution in [1.82, 2.24) is 9.88 Å². The number of rotatable bonds is 7. The SMILES string of the molecule is CCN(C)C=Nc1cc(C)c(Cc2nc(C(=O)c3ccc(Cl)cc3)cs2)cc1C. The molecule has 2 aromatic carbocycles. The van der Waals surface area contributed by atoms with Gasteiger partial charge in [-0.3, -0.25) is 4.79 Å². The molecular weight excluding hydrogens is 402 g/mol. The van der Waals surface area contributed by atoms with E-state index in [0.29, 0.717) is 22.7 Å². The van der Waals surface area contributed by atoms with Gasteiger partial charge in [0.15, 0.2) is 0 Å². The normalized spacial score (nSPS) is 11.2. The van der Waals surface area contributed by atoms with Crippen LogP contribution in [0.1, 0.15) is 44.7 Å². The molecule has 0 atom stereocenters. The Morgan fingerprint density at radius 2 is 1.93 bits per heavy atom. The lowest BCUT2D eigenvalue weighted by atomic mass is 10.0. The molecule has 0 aliphatic heterocycles. The van der Waals surface area contributed by atoms with Crippen LogP contribution in [-0.2, 0) is 6.42 Å². The van der Waals surface area contributed by atoms with Crippen LogP contribution in [-0.4, -0.2) is 35.6 Å². The van der Waals surface area contributed by atoms with Crippen LogP contribution in [0.15, 0.2) is 46.8 Å². The van der Waals surface area contributed by atoms with E-state index >= 15 is 0 Å². The average Bonchev–Trinajstić information content (AvgIpc) is 3.17. The number of aliphatic imine (C=N–C) groups is 1. The smallest absolute Gasteiger partial charge is 0.212 e. The number of hydrogen-bond acceptors (Lipinski definition) is 4. The van der Waals surface area contributed by atoms with E-state index in [-0.39, 0.29) is 5.78 Å². The van der Waals surface area contributed by atoms with E-state index in [1.165, 1.54) is 22.5 Å². The Kier molecular flexibility index (Phi) is 6.83. The maximum Gasteiger partial charge on any atom is 0.212 e. The van der Waals surface area contributed by atoms with Gasteiger partial charge >= 0.3 is 0 Å². The van der Waals surface area contributed by atoms with Crippen molar-refractivity contribution in [3.8, 4) is 0 Å². The fourth-order valence-electron chi connectivity index (χ4n) is 2.84. The van der Waals surface area contributed by atoms with E-state index < -0.39 is 0 Å². The molecule has 0 amide bonds. The highest BCUT2D eigenvalue weighted by Gasteiger charge is 2.14. The summed E-state index contributed by atoms with van der Waals surface area (Å²) in [6, 6.07) is 11.2. The number of aryl methyl sites for hydroxylation is 2. The molecule has 0 unspecified atom stereocenters. The molecule has 1 aromatic heterocycles. The van der Waals surface area contributed by atoms with Gasteiger partial charge in [-0.05, 0) is 67.8 Å². The lowest BCUT2D eigenvalue weighted by Crippen LogP contribution is -2.14. The first kappa shape index (κ1) is 21.2. The summed E-state index contributed by atoms with van der Waals surface area (Å²) in [5, 5.41) is 3.36. The van der Waals surface area contributed by atoms with Gasteiger partial charge in [-0.1, -0.05) is 17.7 Å². The summed E-state index contributed by atoms with van der Waals surface area (Å²) in [6.45, 7) is 7.16. The zero-order valence-corrected chi connectivity index (χ0v) is 18.6. The number of halogens is 1. The van der Waals surface area contributed by atoms with Gasteiger partial charge in [-0.25, -0.2) is 9.98 Å². The quantitative estimate of drug-likeness (QED) is 0.271. The van der Waals surface area contributed by atoms with Gasteiger partial charge in [0, 0.05) is 36.0 Å². The number of benzene rings is 2. The summed E-state index contributed by atoms with van der Waals surface area (Å²) >= 11 is 7.41. The van der Waals surface area contributed by atoms with Gasteiger partial charge in [0.1, 0.15) is 5.69 Å². The molecule has 6 heteroatoms. The van der Waals surface area contributed by atoms with Crippen LogP contribution in [0, 0.1) is 13.8 Å². The molecule has 150 valence electrons. The van der Waals surface area contributed by atoms with Crippen molar-refractivity contribution in [3.05, 3.63) is 79.8 Å². The first-order valence-electron chi connectivity index (χ1n) is 9.46. The average molecular weight is 426 g/mol. The van der Waals surface area contributed by atoms with E-state index in [9.17, 15) is 4.79 Å². The van der Waals surface area contributed by atoms with Crippen molar-refractivity contribution < 1.29 is 4.79 Å². The number of carbonyl (C=O) groups is 1. The molecule has 0 saturated heterocycles. The highest BCUT2D eigenvalue weighted by atomic mass is 35.5. The van der Waals surface area contributed by atoms with Gasteiger partial charge in [0.2, 0.25) is 5.78 Å². The minimum atomic E-state index is -0.0817. The summed E-state index contributed by atoms with van der Waals surface area (Å²) in [4.78, 5) is 23.8. The lowest BCUT2D eigenvalue weighted by molar-refractivity contribution is 0.103. The first-order chi connectivity index (χ1) is 13.9. The number of aromatic nitrogens is 1. The zero-order valence-electron chi connectivity index (χ0n) is 17.1.